The fourth-order valence-electron chi connectivity index (χ4n) is 2.82. The Hall–Kier alpha value is -1.89. The number of likely N-dealkylation sites (tertiary alicyclic amines) is 1. The van der Waals surface area contributed by atoms with Gasteiger partial charge in [0.15, 0.2) is 6.61 Å². The normalized spacial score (nSPS) is 14.9. The Bertz CT molecular complexity index is 818. The molecule has 2 aromatic rings. The second kappa shape index (κ2) is 8.87. The largest absolute Gasteiger partial charge is 0.482 e. The Balaban J connectivity index is 1.44. The number of ether oxygens (including phenoxy) is 1. The second-order valence-corrected chi connectivity index (χ2v) is 7.35. The first kappa shape index (κ1) is 19.9. The number of benzene rings is 1. The molecule has 1 saturated heterocycles. The van der Waals surface area contributed by atoms with Crippen LogP contribution >= 0.6 is 34.8 Å². The summed E-state index contributed by atoms with van der Waals surface area (Å²) < 4.78 is 10.4. The van der Waals surface area contributed by atoms with Gasteiger partial charge in [0.1, 0.15) is 12.0 Å². The first-order chi connectivity index (χ1) is 12.9. The van der Waals surface area contributed by atoms with E-state index in [9.17, 15) is 9.59 Å². The van der Waals surface area contributed by atoms with Crippen molar-refractivity contribution < 1.29 is 18.7 Å². The number of piperidine rings is 1. The third kappa shape index (κ3) is 5.09. The fraction of sp³-hybridized carbons (Fsp3) is 0.333. The molecule has 0 aliphatic carbocycles. The van der Waals surface area contributed by atoms with Crippen molar-refractivity contribution in [1.29, 1.82) is 0 Å². The Morgan fingerprint density at radius 1 is 1.15 bits per heavy atom. The number of amides is 2. The van der Waals surface area contributed by atoms with E-state index < -0.39 is 0 Å². The highest BCUT2D eigenvalue weighted by Gasteiger charge is 2.25. The molecule has 1 N–H and O–H groups in total. The van der Waals surface area contributed by atoms with Gasteiger partial charge in [-0.05, 0) is 25.0 Å². The molecule has 1 aliphatic rings. The molecule has 144 valence electrons. The molecule has 0 bridgehead atoms. The summed E-state index contributed by atoms with van der Waals surface area (Å²) in [5.74, 6) is -0.0374. The van der Waals surface area contributed by atoms with Crippen molar-refractivity contribution >= 4 is 46.6 Å². The molecular weight excluding hydrogens is 415 g/mol. The number of carbonyl (C=O) groups excluding carboxylic acids is 2. The number of halogens is 3. The summed E-state index contributed by atoms with van der Waals surface area (Å²) in [5.41, 5.74) is 0.532. The lowest BCUT2D eigenvalue weighted by Crippen LogP contribution is -2.47. The number of hydrogen-bond acceptors (Lipinski definition) is 4. The van der Waals surface area contributed by atoms with Gasteiger partial charge in [0.2, 0.25) is 0 Å². The predicted octanol–water partition coefficient (Wildman–Crippen LogP) is 4.04. The van der Waals surface area contributed by atoms with E-state index in [4.69, 9.17) is 44.0 Å². The molecule has 3 rings (SSSR count). The van der Waals surface area contributed by atoms with Gasteiger partial charge in [-0.15, -0.1) is 0 Å². The van der Waals surface area contributed by atoms with Crippen LogP contribution in [-0.4, -0.2) is 42.5 Å². The molecule has 0 atom stereocenters. The zero-order chi connectivity index (χ0) is 19.4. The molecular formula is C18H17Cl3N2O4. The van der Waals surface area contributed by atoms with Gasteiger partial charge in [-0.1, -0.05) is 34.8 Å². The lowest BCUT2D eigenvalue weighted by atomic mass is 10.0. The van der Waals surface area contributed by atoms with E-state index in [-0.39, 0.29) is 29.5 Å². The van der Waals surface area contributed by atoms with Crippen LogP contribution in [0.1, 0.15) is 23.2 Å². The zero-order valence-corrected chi connectivity index (χ0v) is 16.5. The van der Waals surface area contributed by atoms with Crippen LogP contribution in [0.4, 0.5) is 0 Å². The van der Waals surface area contributed by atoms with Gasteiger partial charge in [0.25, 0.3) is 11.8 Å². The fourth-order valence-corrected chi connectivity index (χ4v) is 3.41. The summed E-state index contributed by atoms with van der Waals surface area (Å²) in [5, 5.41) is 3.80. The minimum Gasteiger partial charge on any atom is -0.482 e. The number of nitrogens with one attached hydrogen (secondary N) is 1. The van der Waals surface area contributed by atoms with Gasteiger partial charge in [-0.2, -0.15) is 0 Å². The predicted molar refractivity (Wildman–Crippen MR) is 103 cm³/mol. The van der Waals surface area contributed by atoms with Gasteiger partial charge >= 0.3 is 0 Å². The Morgan fingerprint density at radius 3 is 2.52 bits per heavy atom. The molecule has 1 aromatic carbocycles. The van der Waals surface area contributed by atoms with Crippen molar-refractivity contribution in [1.82, 2.24) is 10.2 Å². The highest BCUT2D eigenvalue weighted by molar-refractivity contribution is 6.43. The third-order valence-electron chi connectivity index (χ3n) is 4.25. The first-order valence-electron chi connectivity index (χ1n) is 8.32. The SMILES string of the molecule is O=C(COc1cc(Cl)c(Cl)cc1Cl)NC1CCN(C(=O)c2ccoc2)CC1. The summed E-state index contributed by atoms with van der Waals surface area (Å²) in [7, 11) is 0. The van der Waals surface area contributed by atoms with Crippen LogP contribution in [-0.2, 0) is 4.79 Å². The summed E-state index contributed by atoms with van der Waals surface area (Å²) in [6, 6.07) is 4.56. The molecule has 0 spiro atoms. The highest BCUT2D eigenvalue weighted by atomic mass is 35.5. The molecule has 27 heavy (non-hydrogen) atoms. The van der Waals surface area contributed by atoms with E-state index in [1.807, 2.05) is 0 Å². The van der Waals surface area contributed by atoms with E-state index in [2.05, 4.69) is 5.32 Å². The summed E-state index contributed by atoms with van der Waals surface area (Å²) >= 11 is 17.8. The maximum absolute atomic E-state index is 12.3. The molecule has 2 heterocycles. The van der Waals surface area contributed by atoms with E-state index in [1.165, 1.54) is 24.7 Å². The molecule has 0 unspecified atom stereocenters. The molecule has 1 aromatic heterocycles. The topological polar surface area (TPSA) is 71.8 Å². The van der Waals surface area contributed by atoms with Crippen LogP contribution in [0.3, 0.4) is 0 Å². The molecule has 9 heteroatoms. The minimum absolute atomic E-state index is 0.0150. The third-order valence-corrected chi connectivity index (χ3v) is 5.27. The van der Waals surface area contributed by atoms with Crippen molar-refractivity contribution in [3.8, 4) is 5.75 Å². The summed E-state index contributed by atoms with van der Waals surface area (Å²) in [6.45, 7) is 0.939. The van der Waals surface area contributed by atoms with Crippen LogP contribution in [0.15, 0.2) is 35.1 Å². The van der Waals surface area contributed by atoms with Crippen molar-refractivity contribution in [2.45, 2.75) is 18.9 Å². The molecule has 1 aliphatic heterocycles. The minimum atomic E-state index is -0.267. The van der Waals surface area contributed by atoms with Gasteiger partial charge in [0.05, 0.1) is 26.9 Å². The lowest BCUT2D eigenvalue weighted by molar-refractivity contribution is -0.124. The number of nitrogens with zero attached hydrogens (tertiary/aromatic N) is 1. The summed E-state index contributed by atoms with van der Waals surface area (Å²) in [6.07, 6.45) is 4.24. The first-order valence-corrected chi connectivity index (χ1v) is 9.45. The van der Waals surface area contributed by atoms with Gasteiger partial charge < -0.3 is 19.4 Å². The van der Waals surface area contributed by atoms with E-state index in [1.54, 1.807) is 11.0 Å². The maximum atomic E-state index is 12.3. The standard InChI is InChI=1S/C18H17Cl3N2O4/c19-13-7-15(21)16(8-14(13)20)27-10-17(24)22-12-1-4-23(5-2-12)18(25)11-3-6-26-9-11/h3,6-9,12H,1-2,4-5,10H2,(H,22,24). The van der Waals surface area contributed by atoms with Crippen LogP contribution in [0, 0.1) is 0 Å². The van der Waals surface area contributed by atoms with Crippen LogP contribution in [0.5, 0.6) is 5.75 Å². The lowest BCUT2D eigenvalue weighted by Gasteiger charge is -2.32. The summed E-state index contributed by atoms with van der Waals surface area (Å²) in [4.78, 5) is 26.1. The molecule has 6 nitrogen and oxygen atoms in total. The number of carbonyl (C=O) groups is 2. The Kier molecular flexibility index (Phi) is 6.52. The molecule has 1 fully saturated rings. The van der Waals surface area contributed by atoms with E-state index in [0.717, 1.165) is 0 Å². The molecule has 0 radical (unpaired) electrons. The van der Waals surface area contributed by atoms with Gasteiger partial charge in [0, 0.05) is 25.2 Å². The second-order valence-electron chi connectivity index (χ2n) is 6.13. The van der Waals surface area contributed by atoms with Gasteiger partial charge in [-0.25, -0.2) is 0 Å². The molecule has 0 saturated carbocycles. The Labute approximate surface area is 171 Å². The van der Waals surface area contributed by atoms with Crippen molar-refractivity contribution in [3.05, 3.63) is 51.4 Å². The zero-order valence-electron chi connectivity index (χ0n) is 14.2. The number of hydrogen-bond donors (Lipinski definition) is 1. The monoisotopic (exact) mass is 430 g/mol. The average molecular weight is 432 g/mol. The van der Waals surface area contributed by atoms with Crippen LogP contribution < -0.4 is 10.1 Å². The maximum Gasteiger partial charge on any atom is 0.258 e. The smallest absolute Gasteiger partial charge is 0.258 e. The van der Waals surface area contributed by atoms with Crippen molar-refractivity contribution in [2.75, 3.05) is 19.7 Å². The van der Waals surface area contributed by atoms with Crippen molar-refractivity contribution in [2.24, 2.45) is 0 Å². The average Bonchev–Trinajstić information content (AvgIpc) is 3.18. The van der Waals surface area contributed by atoms with E-state index >= 15 is 0 Å². The van der Waals surface area contributed by atoms with Crippen molar-refractivity contribution in [3.63, 3.8) is 0 Å². The van der Waals surface area contributed by atoms with Gasteiger partial charge in [-0.3, -0.25) is 9.59 Å². The van der Waals surface area contributed by atoms with Crippen LogP contribution in [0.25, 0.3) is 0 Å². The molecule has 2 amide bonds. The van der Waals surface area contributed by atoms with Crippen LogP contribution in [0.2, 0.25) is 15.1 Å². The van der Waals surface area contributed by atoms with E-state index in [0.29, 0.717) is 47.3 Å². The quantitative estimate of drug-likeness (QED) is 0.725. The Morgan fingerprint density at radius 2 is 1.85 bits per heavy atom. The number of rotatable bonds is 5. The number of furan rings is 1. The highest BCUT2D eigenvalue weighted by Crippen LogP contribution is 2.33.